The van der Waals surface area contributed by atoms with Gasteiger partial charge in [-0.15, -0.1) is 11.3 Å². The second-order valence-electron chi connectivity index (χ2n) is 6.17. The Morgan fingerprint density at radius 2 is 1.95 bits per heavy atom. The molecule has 0 aromatic carbocycles. The summed E-state index contributed by atoms with van der Waals surface area (Å²) in [6.45, 7) is 4.54. The predicted molar refractivity (Wildman–Crippen MR) is 82.7 cm³/mol. The summed E-state index contributed by atoms with van der Waals surface area (Å²) in [4.78, 5) is 13.7. The van der Waals surface area contributed by atoms with Gasteiger partial charge in [-0.1, -0.05) is 13.8 Å². The smallest absolute Gasteiger partial charge is 0.169 e. The molecular formula is C15H21BrO2S. The van der Waals surface area contributed by atoms with E-state index in [1.54, 1.807) is 18.4 Å². The zero-order chi connectivity index (χ0) is 14.1. The van der Waals surface area contributed by atoms with E-state index in [4.69, 9.17) is 4.74 Å². The lowest BCUT2D eigenvalue weighted by Crippen LogP contribution is -2.46. The van der Waals surface area contributed by atoms with Crippen LogP contribution in [-0.4, -0.2) is 18.5 Å². The van der Waals surface area contributed by atoms with Crippen molar-refractivity contribution < 1.29 is 9.53 Å². The fourth-order valence-corrected chi connectivity index (χ4v) is 4.18. The van der Waals surface area contributed by atoms with E-state index in [2.05, 4.69) is 29.8 Å². The zero-order valence-corrected chi connectivity index (χ0v) is 14.2. The van der Waals surface area contributed by atoms with E-state index in [0.717, 1.165) is 34.3 Å². The van der Waals surface area contributed by atoms with Gasteiger partial charge in [0, 0.05) is 18.4 Å². The van der Waals surface area contributed by atoms with Crippen molar-refractivity contribution in [1.82, 2.24) is 0 Å². The number of ether oxygens (including phenoxy) is 1. The van der Waals surface area contributed by atoms with Gasteiger partial charge in [0.15, 0.2) is 5.78 Å². The first-order valence-electron chi connectivity index (χ1n) is 6.70. The van der Waals surface area contributed by atoms with Gasteiger partial charge >= 0.3 is 0 Å². The van der Waals surface area contributed by atoms with E-state index >= 15 is 0 Å². The maximum atomic E-state index is 12.6. The highest BCUT2D eigenvalue weighted by molar-refractivity contribution is 9.11. The van der Waals surface area contributed by atoms with Gasteiger partial charge in [0.25, 0.3) is 0 Å². The summed E-state index contributed by atoms with van der Waals surface area (Å²) in [5.74, 6) is 0.236. The van der Waals surface area contributed by atoms with Gasteiger partial charge in [0.2, 0.25) is 0 Å². The van der Waals surface area contributed by atoms with Crippen LogP contribution in [0.5, 0.6) is 0 Å². The summed E-state index contributed by atoms with van der Waals surface area (Å²) in [7, 11) is 1.68. The Hall–Kier alpha value is -0.190. The van der Waals surface area contributed by atoms with Crippen LogP contribution in [0.3, 0.4) is 0 Å². The molecule has 2 nitrogen and oxygen atoms in total. The monoisotopic (exact) mass is 344 g/mol. The fourth-order valence-electron chi connectivity index (χ4n) is 2.69. The lowest BCUT2D eigenvalue weighted by Gasteiger charge is -2.41. The Morgan fingerprint density at radius 3 is 2.42 bits per heavy atom. The molecule has 106 valence electrons. The molecule has 0 atom stereocenters. The van der Waals surface area contributed by atoms with E-state index in [1.807, 2.05) is 12.1 Å². The van der Waals surface area contributed by atoms with Gasteiger partial charge in [-0.2, -0.15) is 0 Å². The summed E-state index contributed by atoms with van der Waals surface area (Å²) < 4.78 is 6.73. The van der Waals surface area contributed by atoms with Crippen molar-refractivity contribution in [1.29, 1.82) is 0 Å². The van der Waals surface area contributed by atoms with Crippen molar-refractivity contribution in [2.24, 2.45) is 5.41 Å². The lowest BCUT2D eigenvalue weighted by atomic mass is 9.69. The molecule has 0 aliphatic heterocycles. The molecule has 4 heteroatoms. The minimum Gasteiger partial charge on any atom is -0.370 e. The fraction of sp³-hybridized carbons (Fsp3) is 0.667. The molecule has 1 aliphatic rings. The maximum Gasteiger partial charge on any atom is 0.169 e. The summed E-state index contributed by atoms with van der Waals surface area (Å²) in [6.07, 6.45) is 4.30. The Morgan fingerprint density at radius 1 is 1.32 bits per heavy atom. The van der Waals surface area contributed by atoms with Gasteiger partial charge in [-0.05, 0) is 59.2 Å². The minimum absolute atomic E-state index is 0.236. The number of hydrogen-bond acceptors (Lipinski definition) is 3. The standard InChI is InChI=1S/C15H21BrO2S/c1-14(2)6-8-15(18-3,9-7-14)12(17)10-11-4-5-13(16)19-11/h4-5H,6-10H2,1-3H3. The first-order chi connectivity index (χ1) is 8.87. The van der Waals surface area contributed by atoms with Crippen molar-refractivity contribution in [2.45, 2.75) is 51.6 Å². The molecule has 1 aliphatic carbocycles. The zero-order valence-electron chi connectivity index (χ0n) is 11.8. The number of carbonyl (C=O) groups excluding carboxylic acids is 1. The Bertz CT molecular complexity index is 454. The molecule has 0 amide bonds. The molecule has 2 rings (SSSR count). The van der Waals surface area contributed by atoms with Crippen LogP contribution in [0.15, 0.2) is 15.9 Å². The highest BCUT2D eigenvalue weighted by Gasteiger charge is 2.43. The molecule has 0 saturated heterocycles. The Kier molecular flexibility index (Phi) is 4.53. The van der Waals surface area contributed by atoms with E-state index in [9.17, 15) is 4.79 Å². The molecule has 1 fully saturated rings. The van der Waals surface area contributed by atoms with Crippen molar-refractivity contribution >= 4 is 33.0 Å². The number of Topliss-reactive ketones (excluding diaryl/α,β-unsaturated/α-hetero) is 1. The Balaban J connectivity index is 2.07. The minimum atomic E-state index is -0.550. The van der Waals surface area contributed by atoms with Gasteiger partial charge < -0.3 is 4.74 Å². The molecule has 1 aromatic rings. The first kappa shape index (κ1) is 15.2. The molecule has 0 unspecified atom stereocenters. The van der Waals surface area contributed by atoms with E-state index < -0.39 is 5.60 Å². The van der Waals surface area contributed by atoms with Crippen LogP contribution in [0.4, 0.5) is 0 Å². The molecule has 1 saturated carbocycles. The number of carbonyl (C=O) groups is 1. The molecule has 0 radical (unpaired) electrons. The summed E-state index contributed by atoms with van der Waals surface area (Å²) in [5, 5.41) is 0. The highest BCUT2D eigenvalue weighted by atomic mass is 79.9. The average Bonchev–Trinajstić information content (AvgIpc) is 2.75. The summed E-state index contributed by atoms with van der Waals surface area (Å²) >= 11 is 5.07. The largest absolute Gasteiger partial charge is 0.370 e. The first-order valence-corrected chi connectivity index (χ1v) is 8.31. The topological polar surface area (TPSA) is 26.3 Å². The molecule has 1 heterocycles. The van der Waals surface area contributed by atoms with Gasteiger partial charge in [0.05, 0.1) is 3.79 Å². The van der Waals surface area contributed by atoms with Crippen molar-refractivity contribution in [3.63, 3.8) is 0 Å². The van der Waals surface area contributed by atoms with Crippen LogP contribution >= 0.6 is 27.3 Å². The molecule has 1 aromatic heterocycles. The average molecular weight is 345 g/mol. The van der Waals surface area contributed by atoms with Crippen LogP contribution < -0.4 is 0 Å². The SMILES string of the molecule is COC1(C(=O)Cc2ccc(Br)s2)CCC(C)(C)CC1. The van der Waals surface area contributed by atoms with Crippen LogP contribution in [0.25, 0.3) is 0 Å². The van der Waals surface area contributed by atoms with Gasteiger partial charge in [0.1, 0.15) is 5.60 Å². The molecular weight excluding hydrogens is 324 g/mol. The number of methoxy groups -OCH3 is 1. The Labute approximate surface area is 127 Å². The lowest BCUT2D eigenvalue weighted by molar-refractivity contribution is -0.147. The predicted octanol–water partition coefficient (Wildman–Crippen LogP) is 4.61. The molecule has 19 heavy (non-hydrogen) atoms. The molecule has 0 N–H and O–H groups in total. The van der Waals surface area contributed by atoms with Crippen LogP contribution in [-0.2, 0) is 16.0 Å². The highest BCUT2D eigenvalue weighted by Crippen LogP contribution is 2.42. The van der Waals surface area contributed by atoms with Gasteiger partial charge in [-0.25, -0.2) is 0 Å². The molecule has 0 bridgehead atoms. The third-order valence-electron chi connectivity index (χ3n) is 4.27. The second kappa shape index (κ2) is 5.66. The van der Waals surface area contributed by atoms with Crippen LogP contribution in [0.1, 0.15) is 44.4 Å². The van der Waals surface area contributed by atoms with Crippen LogP contribution in [0.2, 0.25) is 0 Å². The molecule has 0 spiro atoms. The van der Waals surface area contributed by atoms with Crippen molar-refractivity contribution in [2.75, 3.05) is 7.11 Å². The number of halogens is 1. The number of thiophene rings is 1. The van der Waals surface area contributed by atoms with Crippen molar-refractivity contribution in [3.8, 4) is 0 Å². The number of hydrogen-bond donors (Lipinski definition) is 0. The van der Waals surface area contributed by atoms with E-state index in [1.165, 1.54) is 0 Å². The number of rotatable bonds is 4. The quantitative estimate of drug-likeness (QED) is 0.797. The van der Waals surface area contributed by atoms with Crippen molar-refractivity contribution in [3.05, 3.63) is 20.8 Å². The van der Waals surface area contributed by atoms with Crippen LogP contribution in [0, 0.1) is 5.41 Å². The number of ketones is 1. The summed E-state index contributed by atoms with van der Waals surface area (Å²) in [5.41, 5.74) is -0.208. The van der Waals surface area contributed by atoms with E-state index in [-0.39, 0.29) is 5.78 Å². The third kappa shape index (κ3) is 3.47. The van der Waals surface area contributed by atoms with E-state index in [0.29, 0.717) is 11.8 Å². The second-order valence-corrected chi connectivity index (χ2v) is 8.72. The van der Waals surface area contributed by atoms with Gasteiger partial charge in [-0.3, -0.25) is 4.79 Å². The summed E-state index contributed by atoms with van der Waals surface area (Å²) in [6, 6.07) is 4.01. The third-order valence-corrected chi connectivity index (χ3v) is 5.90. The maximum absolute atomic E-state index is 12.6. The normalized spacial score (nSPS) is 21.3.